The summed E-state index contributed by atoms with van der Waals surface area (Å²) < 4.78 is 65.5. The van der Waals surface area contributed by atoms with Crippen molar-refractivity contribution >= 4 is 5.97 Å². The van der Waals surface area contributed by atoms with E-state index in [0.717, 1.165) is 19.4 Å². The molecule has 0 aliphatic rings. The molecule has 0 amide bonds. The number of nitrogens with one attached hydrogen (secondary N) is 1. The summed E-state index contributed by atoms with van der Waals surface area (Å²) in [5, 5.41) is 3.02. The zero-order valence-corrected chi connectivity index (χ0v) is 36.6. The molecule has 0 aromatic rings. The number of likely N-dealkylation sites (N-methyl/N-ethyl adjacent to an activating group) is 1. The third-order valence-corrected chi connectivity index (χ3v) is 8.69. The Labute approximate surface area is 347 Å². The average molecular weight is 826 g/mol. The van der Waals surface area contributed by atoms with Gasteiger partial charge in [0.1, 0.15) is 6.61 Å². The Morgan fingerprint density at radius 2 is 0.544 bits per heavy atom. The van der Waals surface area contributed by atoms with E-state index in [1.807, 2.05) is 7.05 Å². The Morgan fingerprint density at radius 1 is 0.316 bits per heavy atom. The van der Waals surface area contributed by atoms with Crippen LogP contribution in [0.1, 0.15) is 110 Å². The van der Waals surface area contributed by atoms with Crippen LogP contribution >= 0.6 is 0 Å². The summed E-state index contributed by atoms with van der Waals surface area (Å²) in [5.41, 5.74) is 0. The molecule has 0 spiro atoms. The number of carbonyl (C=O) groups is 1. The van der Waals surface area contributed by atoms with Crippen molar-refractivity contribution in [2.75, 3.05) is 166 Å². The van der Waals surface area contributed by atoms with Gasteiger partial charge >= 0.3 is 5.97 Å². The second-order valence-corrected chi connectivity index (χ2v) is 13.8. The van der Waals surface area contributed by atoms with E-state index in [2.05, 4.69) is 12.2 Å². The molecule has 0 aromatic heterocycles. The van der Waals surface area contributed by atoms with Crippen LogP contribution in [0, 0.1) is 0 Å². The van der Waals surface area contributed by atoms with Crippen molar-refractivity contribution < 1.29 is 61.6 Å². The van der Waals surface area contributed by atoms with E-state index in [1.54, 1.807) is 0 Å². The summed E-state index contributed by atoms with van der Waals surface area (Å²) >= 11 is 0. The lowest BCUT2D eigenvalue weighted by Crippen LogP contribution is -2.17. The molecule has 1 N–H and O–H groups in total. The third kappa shape index (κ3) is 53.0. The smallest absolute Gasteiger partial charge is 0.305 e. The molecule has 14 heteroatoms. The average Bonchev–Trinajstić information content (AvgIpc) is 3.22. The number of carbonyl (C=O) groups excluding carboxylic acids is 1. The normalized spacial score (nSPS) is 11.5. The quantitative estimate of drug-likeness (QED) is 0.0551. The Morgan fingerprint density at radius 3 is 0.807 bits per heavy atom. The highest BCUT2D eigenvalue weighted by Gasteiger charge is 2.03. The highest BCUT2D eigenvalue weighted by atomic mass is 16.6. The minimum absolute atomic E-state index is 0.130. The van der Waals surface area contributed by atoms with Crippen LogP contribution in [0.25, 0.3) is 0 Å². The van der Waals surface area contributed by atoms with Gasteiger partial charge in [-0.15, -0.1) is 0 Å². The van der Waals surface area contributed by atoms with Gasteiger partial charge in [-0.1, -0.05) is 96.8 Å². The molecule has 0 bridgehead atoms. The van der Waals surface area contributed by atoms with Gasteiger partial charge in [-0.2, -0.15) is 0 Å². The van der Waals surface area contributed by atoms with E-state index in [0.29, 0.717) is 152 Å². The second-order valence-electron chi connectivity index (χ2n) is 13.8. The molecule has 0 aliphatic heterocycles. The first kappa shape index (κ1) is 56.0. The predicted molar refractivity (Wildman–Crippen MR) is 223 cm³/mol. The first-order valence-corrected chi connectivity index (χ1v) is 22.5. The van der Waals surface area contributed by atoms with Gasteiger partial charge in [0.2, 0.25) is 0 Å². The van der Waals surface area contributed by atoms with Crippen molar-refractivity contribution in [2.24, 2.45) is 0 Å². The van der Waals surface area contributed by atoms with Crippen LogP contribution in [-0.4, -0.2) is 172 Å². The van der Waals surface area contributed by atoms with Crippen LogP contribution in [0.15, 0.2) is 0 Å². The molecular formula is C43H87NO13. The maximum Gasteiger partial charge on any atom is 0.305 e. The molecular weight excluding hydrogens is 738 g/mol. The minimum atomic E-state index is -0.130. The number of hydrogen-bond acceptors (Lipinski definition) is 14. The summed E-state index contributed by atoms with van der Waals surface area (Å²) in [6.07, 6.45) is 20.2. The van der Waals surface area contributed by atoms with Crippen LogP contribution in [0.5, 0.6) is 0 Å². The molecule has 342 valence electrons. The van der Waals surface area contributed by atoms with Crippen molar-refractivity contribution in [1.29, 1.82) is 0 Å². The second kappa shape index (κ2) is 53.0. The zero-order chi connectivity index (χ0) is 41.1. The van der Waals surface area contributed by atoms with Crippen LogP contribution < -0.4 is 5.32 Å². The largest absolute Gasteiger partial charge is 0.463 e. The van der Waals surface area contributed by atoms with Gasteiger partial charge in [0.25, 0.3) is 0 Å². The number of rotatable bonds is 52. The lowest BCUT2D eigenvalue weighted by molar-refractivity contribution is -0.145. The third-order valence-electron chi connectivity index (χ3n) is 8.69. The van der Waals surface area contributed by atoms with Crippen molar-refractivity contribution in [3.8, 4) is 0 Å². The highest BCUT2D eigenvalue weighted by Crippen LogP contribution is 2.14. The molecule has 0 heterocycles. The van der Waals surface area contributed by atoms with E-state index in [1.165, 1.54) is 83.5 Å². The Balaban J connectivity index is 3.12. The van der Waals surface area contributed by atoms with Crippen LogP contribution in [0.4, 0.5) is 0 Å². The SMILES string of the molecule is CCCCCCCCCCCCCCCCCC(=O)OCCOCCOCCOCCOCCOCCOCCOCCOCCOCCOCCOCCNC. The first-order valence-electron chi connectivity index (χ1n) is 22.5. The molecule has 0 unspecified atom stereocenters. The summed E-state index contributed by atoms with van der Waals surface area (Å²) in [6.45, 7) is 14.8. The fourth-order valence-electron chi connectivity index (χ4n) is 5.40. The Bertz CT molecular complexity index is 741. The number of hydrogen-bond donors (Lipinski definition) is 1. The Kier molecular flexibility index (Phi) is 52.1. The fourth-order valence-corrected chi connectivity index (χ4v) is 5.40. The maximum absolute atomic E-state index is 11.9. The van der Waals surface area contributed by atoms with Gasteiger partial charge in [0.05, 0.1) is 145 Å². The topological polar surface area (TPSA) is 140 Å². The van der Waals surface area contributed by atoms with Gasteiger partial charge in [-0.3, -0.25) is 4.79 Å². The number of unbranched alkanes of at least 4 members (excludes halogenated alkanes) is 14. The molecule has 0 rings (SSSR count). The van der Waals surface area contributed by atoms with Crippen molar-refractivity contribution in [3.05, 3.63) is 0 Å². The molecule has 57 heavy (non-hydrogen) atoms. The summed E-state index contributed by atoms with van der Waals surface area (Å²) in [5.74, 6) is -0.130. The highest BCUT2D eigenvalue weighted by molar-refractivity contribution is 5.69. The van der Waals surface area contributed by atoms with E-state index in [-0.39, 0.29) is 12.6 Å². The lowest BCUT2D eigenvalue weighted by Gasteiger charge is -2.09. The summed E-state index contributed by atoms with van der Waals surface area (Å²) in [7, 11) is 1.90. The van der Waals surface area contributed by atoms with Crippen molar-refractivity contribution in [3.63, 3.8) is 0 Å². The maximum atomic E-state index is 11.9. The number of ether oxygens (including phenoxy) is 12. The van der Waals surface area contributed by atoms with Gasteiger partial charge in [0, 0.05) is 13.0 Å². The summed E-state index contributed by atoms with van der Waals surface area (Å²) in [4.78, 5) is 11.9. The lowest BCUT2D eigenvalue weighted by atomic mass is 10.0. The van der Waals surface area contributed by atoms with Crippen molar-refractivity contribution in [2.45, 2.75) is 110 Å². The predicted octanol–water partition coefficient (Wildman–Crippen LogP) is 6.19. The zero-order valence-electron chi connectivity index (χ0n) is 36.6. The van der Waals surface area contributed by atoms with Gasteiger partial charge in [-0.05, 0) is 13.5 Å². The molecule has 0 saturated carbocycles. The molecule has 0 aliphatic carbocycles. The minimum Gasteiger partial charge on any atom is -0.463 e. The summed E-state index contributed by atoms with van der Waals surface area (Å²) in [6, 6.07) is 0. The Hall–Kier alpha value is -1.01. The van der Waals surface area contributed by atoms with Crippen LogP contribution in [0.2, 0.25) is 0 Å². The van der Waals surface area contributed by atoms with Crippen molar-refractivity contribution in [1.82, 2.24) is 5.32 Å². The first-order chi connectivity index (χ1) is 28.3. The van der Waals surface area contributed by atoms with Gasteiger partial charge < -0.3 is 62.2 Å². The van der Waals surface area contributed by atoms with Gasteiger partial charge in [-0.25, -0.2) is 0 Å². The monoisotopic (exact) mass is 826 g/mol. The molecule has 0 saturated heterocycles. The molecule has 0 aromatic carbocycles. The molecule has 0 atom stereocenters. The van der Waals surface area contributed by atoms with E-state index in [9.17, 15) is 4.79 Å². The fraction of sp³-hybridized carbons (Fsp3) is 0.977. The van der Waals surface area contributed by atoms with Gasteiger partial charge in [0.15, 0.2) is 0 Å². The molecule has 0 radical (unpaired) electrons. The van der Waals surface area contributed by atoms with Crippen LogP contribution in [0.3, 0.4) is 0 Å². The van der Waals surface area contributed by atoms with Crippen LogP contribution in [-0.2, 0) is 61.6 Å². The molecule has 14 nitrogen and oxygen atoms in total. The number of esters is 1. The molecule has 0 fully saturated rings. The standard InChI is InChI=1S/C43H87NO13/c1-3-4-5-6-7-8-9-10-11-12-13-14-15-16-17-18-43(45)57-42-41-56-40-39-55-38-37-54-36-35-53-34-33-52-32-31-51-30-29-50-28-27-49-26-25-48-24-23-47-22-21-46-20-19-44-2/h44H,3-42H2,1-2H3. The van der Waals surface area contributed by atoms with E-state index in [4.69, 9.17) is 56.8 Å². The van der Waals surface area contributed by atoms with E-state index < -0.39 is 0 Å². The van der Waals surface area contributed by atoms with E-state index >= 15 is 0 Å².